The van der Waals surface area contributed by atoms with Gasteiger partial charge in [-0.2, -0.15) is 0 Å². The number of amides is 3. The van der Waals surface area contributed by atoms with Crippen molar-refractivity contribution in [3.05, 3.63) is 76.4 Å². The zero-order valence-electron chi connectivity index (χ0n) is 15.5. The van der Waals surface area contributed by atoms with E-state index in [-0.39, 0.29) is 41.3 Å². The van der Waals surface area contributed by atoms with Gasteiger partial charge in [0.15, 0.2) is 0 Å². The van der Waals surface area contributed by atoms with Crippen molar-refractivity contribution < 1.29 is 18.8 Å². The molecule has 2 aromatic carbocycles. The first kappa shape index (κ1) is 19.4. The Balaban J connectivity index is 1.30. The van der Waals surface area contributed by atoms with Crippen LogP contribution in [0.15, 0.2) is 59.5 Å². The second-order valence-electron chi connectivity index (χ2n) is 7.01. The maximum absolute atomic E-state index is 13.8. The van der Waals surface area contributed by atoms with Crippen LogP contribution in [0.3, 0.4) is 0 Å². The van der Waals surface area contributed by atoms with Crippen molar-refractivity contribution in [3.63, 3.8) is 0 Å². The van der Waals surface area contributed by atoms with Crippen LogP contribution in [0, 0.1) is 11.7 Å². The molecule has 2 aromatic rings. The number of benzene rings is 2. The van der Waals surface area contributed by atoms with Crippen molar-refractivity contribution in [3.8, 4) is 0 Å². The molecule has 0 bridgehead atoms. The number of hydrogen-bond acceptors (Lipinski definition) is 4. The Labute approximate surface area is 172 Å². The first-order valence-corrected chi connectivity index (χ1v) is 10.2. The molecule has 3 amide bonds. The van der Waals surface area contributed by atoms with E-state index in [1.807, 2.05) is 30.3 Å². The number of nitrogens with zero attached hydrogens (tertiary/aromatic N) is 1. The highest BCUT2D eigenvalue weighted by Gasteiger charge is 2.43. The van der Waals surface area contributed by atoms with Gasteiger partial charge < -0.3 is 5.32 Å². The van der Waals surface area contributed by atoms with Crippen molar-refractivity contribution in [2.24, 2.45) is 5.92 Å². The largest absolute Gasteiger partial charge is 0.354 e. The highest BCUT2D eigenvalue weighted by atomic mass is 32.2. The fraction of sp³-hybridized carbons (Fsp3) is 0.227. The van der Waals surface area contributed by atoms with Crippen molar-refractivity contribution in [1.29, 1.82) is 0 Å². The van der Waals surface area contributed by atoms with Gasteiger partial charge in [-0.05, 0) is 41.8 Å². The normalized spacial score (nSPS) is 22.2. The number of carbonyl (C=O) groups excluding carboxylic acids is 3. The van der Waals surface area contributed by atoms with E-state index in [0.29, 0.717) is 0 Å². The second kappa shape index (κ2) is 8.21. The van der Waals surface area contributed by atoms with Crippen molar-refractivity contribution >= 4 is 34.9 Å². The van der Waals surface area contributed by atoms with E-state index in [2.05, 4.69) is 5.32 Å². The van der Waals surface area contributed by atoms with Crippen LogP contribution < -0.4 is 5.32 Å². The average Bonchev–Trinajstić information content (AvgIpc) is 3.48. The van der Waals surface area contributed by atoms with Crippen LogP contribution in [0.1, 0.15) is 23.5 Å². The molecule has 148 valence electrons. The summed E-state index contributed by atoms with van der Waals surface area (Å²) < 4.78 is 13.8. The molecule has 2 unspecified atom stereocenters. The lowest BCUT2D eigenvalue weighted by Gasteiger charge is -2.13. The molecule has 2 fully saturated rings. The molecule has 1 saturated heterocycles. The molecule has 1 aliphatic heterocycles. The molecule has 0 radical (unpaired) electrons. The van der Waals surface area contributed by atoms with E-state index < -0.39 is 17.0 Å². The van der Waals surface area contributed by atoms with Crippen LogP contribution in [0.25, 0.3) is 6.08 Å². The minimum absolute atomic E-state index is 0.0618. The maximum Gasteiger partial charge on any atom is 0.293 e. The molecule has 5 nitrogen and oxygen atoms in total. The summed E-state index contributed by atoms with van der Waals surface area (Å²) in [5, 5.41) is 2.40. The molecular weight excluding hydrogens is 391 g/mol. The summed E-state index contributed by atoms with van der Waals surface area (Å²) in [4.78, 5) is 38.2. The summed E-state index contributed by atoms with van der Waals surface area (Å²) in [5.41, 5.74) is 1.41. The molecule has 0 spiro atoms. The van der Waals surface area contributed by atoms with Gasteiger partial charge >= 0.3 is 0 Å². The Bertz CT molecular complexity index is 993. The molecule has 4 rings (SSSR count). The predicted octanol–water partition coefficient (Wildman–Crippen LogP) is 3.78. The van der Waals surface area contributed by atoms with Crippen LogP contribution in [0.4, 0.5) is 9.18 Å². The molecule has 29 heavy (non-hydrogen) atoms. The third kappa shape index (κ3) is 4.24. The number of hydrogen-bond donors (Lipinski definition) is 1. The molecule has 2 aliphatic rings. The maximum atomic E-state index is 13.8. The first-order chi connectivity index (χ1) is 14.0. The fourth-order valence-corrected chi connectivity index (χ4v) is 4.26. The summed E-state index contributed by atoms with van der Waals surface area (Å²) in [7, 11) is 0. The van der Waals surface area contributed by atoms with E-state index in [1.165, 1.54) is 12.1 Å². The lowest BCUT2D eigenvalue weighted by Crippen LogP contribution is -2.37. The first-order valence-electron chi connectivity index (χ1n) is 9.37. The zero-order valence-corrected chi connectivity index (χ0v) is 16.3. The summed E-state index contributed by atoms with van der Waals surface area (Å²) in [6, 6.07) is 15.9. The zero-order chi connectivity index (χ0) is 20.4. The molecule has 1 saturated carbocycles. The smallest absolute Gasteiger partial charge is 0.293 e. The standard InChI is InChI=1S/C22H19FN2O3S/c23-18-9-5-4-8-15(18)12-19-21(27)25(22(28)29-19)11-10-24-20(26)17-13-16(17)14-6-2-1-3-7-14/h1-9,12,16-17H,10-11,13H2,(H,24,26)/b19-12+. The highest BCUT2D eigenvalue weighted by Crippen LogP contribution is 2.47. The molecule has 7 heteroatoms. The second-order valence-corrected chi connectivity index (χ2v) is 8.00. The summed E-state index contributed by atoms with van der Waals surface area (Å²) in [6.45, 7) is 0.287. The minimum atomic E-state index is -0.467. The van der Waals surface area contributed by atoms with E-state index in [9.17, 15) is 18.8 Å². The number of thioether (sulfide) groups is 1. The van der Waals surface area contributed by atoms with E-state index in [0.717, 1.165) is 28.6 Å². The Hall–Kier alpha value is -2.93. The van der Waals surface area contributed by atoms with Crippen molar-refractivity contribution in [2.45, 2.75) is 12.3 Å². The summed E-state index contributed by atoms with van der Waals surface area (Å²) in [5.74, 6) is -0.812. The summed E-state index contributed by atoms with van der Waals surface area (Å²) >= 11 is 0.780. The topological polar surface area (TPSA) is 66.5 Å². The average molecular weight is 410 g/mol. The molecule has 1 heterocycles. The van der Waals surface area contributed by atoms with Crippen molar-refractivity contribution in [2.75, 3.05) is 13.1 Å². The van der Waals surface area contributed by atoms with Gasteiger partial charge in [-0.1, -0.05) is 48.5 Å². The number of carbonyl (C=O) groups is 3. The van der Waals surface area contributed by atoms with Crippen LogP contribution in [0.2, 0.25) is 0 Å². The molecule has 2 atom stereocenters. The van der Waals surface area contributed by atoms with E-state index in [4.69, 9.17) is 0 Å². The van der Waals surface area contributed by atoms with E-state index in [1.54, 1.807) is 18.2 Å². The fourth-order valence-electron chi connectivity index (χ4n) is 3.40. The predicted molar refractivity (Wildman–Crippen MR) is 109 cm³/mol. The van der Waals surface area contributed by atoms with Crippen LogP contribution in [-0.2, 0) is 9.59 Å². The third-order valence-electron chi connectivity index (χ3n) is 5.05. The lowest BCUT2D eigenvalue weighted by molar-refractivity contribution is -0.124. The van der Waals surface area contributed by atoms with Crippen molar-refractivity contribution in [1.82, 2.24) is 10.2 Å². The van der Waals surface area contributed by atoms with Crippen LogP contribution in [0.5, 0.6) is 0 Å². The van der Waals surface area contributed by atoms with Gasteiger partial charge in [0.05, 0.1) is 4.91 Å². The third-order valence-corrected chi connectivity index (χ3v) is 5.96. The number of nitrogens with one attached hydrogen (secondary N) is 1. The van der Waals surface area contributed by atoms with Gasteiger partial charge in [0.1, 0.15) is 5.82 Å². The van der Waals surface area contributed by atoms with Gasteiger partial charge in [0, 0.05) is 24.6 Å². The van der Waals surface area contributed by atoms with Gasteiger partial charge in [0.25, 0.3) is 11.1 Å². The van der Waals surface area contributed by atoms with Gasteiger partial charge in [0.2, 0.25) is 5.91 Å². The molecular formula is C22H19FN2O3S. The van der Waals surface area contributed by atoms with Gasteiger partial charge in [-0.25, -0.2) is 4.39 Å². The highest BCUT2D eigenvalue weighted by molar-refractivity contribution is 8.18. The van der Waals surface area contributed by atoms with Crippen LogP contribution in [-0.4, -0.2) is 35.0 Å². The van der Waals surface area contributed by atoms with Crippen LogP contribution >= 0.6 is 11.8 Å². The molecule has 1 N–H and O–H groups in total. The quantitative estimate of drug-likeness (QED) is 0.736. The lowest BCUT2D eigenvalue weighted by atomic mass is 10.1. The molecule has 0 aromatic heterocycles. The Morgan fingerprint density at radius 2 is 1.86 bits per heavy atom. The minimum Gasteiger partial charge on any atom is -0.354 e. The van der Waals surface area contributed by atoms with E-state index >= 15 is 0 Å². The SMILES string of the molecule is O=C(NCCN1C(=O)S/C(=C/c2ccccc2F)C1=O)C1CC1c1ccccc1. The monoisotopic (exact) mass is 410 g/mol. The Morgan fingerprint density at radius 3 is 2.62 bits per heavy atom. The number of imide groups is 1. The van der Waals surface area contributed by atoms with Gasteiger partial charge in [-0.15, -0.1) is 0 Å². The number of halogens is 1. The number of rotatable bonds is 6. The summed E-state index contributed by atoms with van der Waals surface area (Å²) in [6.07, 6.45) is 2.19. The Kier molecular flexibility index (Phi) is 5.49. The van der Waals surface area contributed by atoms with Gasteiger partial charge in [-0.3, -0.25) is 19.3 Å². The Morgan fingerprint density at radius 1 is 1.14 bits per heavy atom. The molecule has 1 aliphatic carbocycles.